The highest BCUT2D eigenvalue weighted by atomic mass is 79.9. The van der Waals surface area contributed by atoms with E-state index in [1.165, 1.54) is 0 Å². The average Bonchev–Trinajstić information content (AvgIpc) is 2.66. The highest BCUT2D eigenvalue weighted by Crippen LogP contribution is 2.31. The quantitative estimate of drug-likeness (QED) is 0.322. The van der Waals surface area contributed by atoms with Crippen LogP contribution in [0.25, 0.3) is 0 Å². The number of nitrogens with one attached hydrogen (secondary N) is 1. The smallest absolute Gasteiger partial charge is 0.168 e. The Bertz CT molecular complexity index is 1040. The van der Waals surface area contributed by atoms with E-state index in [0.717, 1.165) is 22.5 Å². The first-order chi connectivity index (χ1) is 13.4. The molecule has 28 heavy (non-hydrogen) atoms. The van der Waals surface area contributed by atoms with Gasteiger partial charge in [-0.25, -0.2) is 0 Å². The molecule has 0 saturated heterocycles. The molecule has 0 spiro atoms. The lowest BCUT2D eigenvalue weighted by molar-refractivity contribution is 0.471. The number of rotatable bonds is 5. The van der Waals surface area contributed by atoms with Crippen LogP contribution in [0.5, 0.6) is 5.75 Å². The molecule has 0 radical (unpaired) electrons. The molecule has 0 saturated carbocycles. The van der Waals surface area contributed by atoms with Gasteiger partial charge in [0.25, 0.3) is 0 Å². The number of phenols is 1. The molecule has 4 nitrogen and oxygen atoms in total. The summed E-state index contributed by atoms with van der Waals surface area (Å²) < 4.78 is 0.606. The lowest BCUT2D eigenvalue weighted by Crippen LogP contribution is -2.18. The summed E-state index contributed by atoms with van der Waals surface area (Å²) in [5.74, 6) is 0.137. The predicted octanol–water partition coefficient (Wildman–Crippen LogP) is 5.81. The van der Waals surface area contributed by atoms with E-state index in [1.54, 1.807) is 6.21 Å². The van der Waals surface area contributed by atoms with Gasteiger partial charge in [0.1, 0.15) is 5.75 Å². The van der Waals surface area contributed by atoms with E-state index in [1.807, 2.05) is 60.7 Å². The van der Waals surface area contributed by atoms with Gasteiger partial charge in [-0.15, -0.1) is 0 Å². The van der Waals surface area contributed by atoms with E-state index in [0.29, 0.717) is 21.5 Å². The van der Waals surface area contributed by atoms with Crippen molar-refractivity contribution in [3.8, 4) is 5.75 Å². The monoisotopic (exact) mass is 473 g/mol. The summed E-state index contributed by atoms with van der Waals surface area (Å²) in [6, 6.07) is 18.8. The van der Waals surface area contributed by atoms with Gasteiger partial charge in [-0.05, 0) is 88.2 Å². The Hall–Kier alpha value is -2.41. The van der Waals surface area contributed by atoms with Gasteiger partial charge in [0, 0.05) is 22.5 Å². The Morgan fingerprint density at radius 3 is 2.57 bits per heavy atom. The van der Waals surface area contributed by atoms with Crippen molar-refractivity contribution in [2.24, 2.45) is 10.7 Å². The summed E-state index contributed by atoms with van der Waals surface area (Å²) in [6.07, 6.45) is 2.28. The molecule has 0 aliphatic heterocycles. The lowest BCUT2D eigenvalue weighted by atomic mass is 10.0. The predicted molar refractivity (Wildman–Crippen MR) is 124 cm³/mol. The van der Waals surface area contributed by atoms with E-state index in [-0.39, 0.29) is 10.9 Å². The second-order valence-electron chi connectivity index (χ2n) is 6.08. The minimum Gasteiger partial charge on any atom is -0.506 e. The van der Waals surface area contributed by atoms with Gasteiger partial charge in [-0.3, -0.25) is 4.99 Å². The zero-order valence-electron chi connectivity index (χ0n) is 14.7. The minimum absolute atomic E-state index is 0.137. The maximum Gasteiger partial charge on any atom is 0.168 e. The second kappa shape index (κ2) is 9.19. The molecule has 0 unspecified atom stereocenters. The standard InChI is InChI=1S/C21H17BrClN3OS/c22-18-11-13(9-14-3-1-2-4-19(14)23)10-15(20(18)27)12-25-16-5-7-17(8-6-16)26-21(24)28/h1-8,10-12,27H,9H2,(H3,24,26,28). The van der Waals surface area contributed by atoms with Crippen LogP contribution >= 0.6 is 39.7 Å². The first-order valence-electron chi connectivity index (χ1n) is 8.38. The van der Waals surface area contributed by atoms with Crippen LogP contribution in [0.3, 0.4) is 0 Å². The maximum absolute atomic E-state index is 10.4. The van der Waals surface area contributed by atoms with E-state index < -0.39 is 0 Å². The molecule has 0 aromatic heterocycles. The number of nitrogens with two attached hydrogens (primary N) is 1. The van der Waals surface area contributed by atoms with Crippen molar-refractivity contribution in [1.82, 2.24) is 0 Å². The van der Waals surface area contributed by atoms with Gasteiger partial charge in [-0.1, -0.05) is 29.8 Å². The number of anilines is 1. The fraction of sp³-hybridized carbons (Fsp3) is 0.0476. The summed E-state index contributed by atoms with van der Waals surface area (Å²) in [6.45, 7) is 0. The zero-order chi connectivity index (χ0) is 20.1. The molecular weight excluding hydrogens is 458 g/mol. The Morgan fingerprint density at radius 2 is 1.89 bits per heavy atom. The van der Waals surface area contributed by atoms with Crippen molar-refractivity contribution >= 4 is 62.5 Å². The third-order valence-electron chi connectivity index (χ3n) is 3.99. The Balaban J connectivity index is 1.83. The number of hydrogen-bond donors (Lipinski definition) is 3. The summed E-state index contributed by atoms with van der Waals surface area (Å²) in [7, 11) is 0. The highest BCUT2D eigenvalue weighted by Gasteiger charge is 2.09. The maximum atomic E-state index is 10.4. The zero-order valence-corrected chi connectivity index (χ0v) is 17.9. The highest BCUT2D eigenvalue weighted by molar-refractivity contribution is 9.10. The van der Waals surface area contributed by atoms with Crippen LogP contribution in [0, 0.1) is 0 Å². The lowest BCUT2D eigenvalue weighted by Gasteiger charge is -2.09. The van der Waals surface area contributed by atoms with Crippen LogP contribution < -0.4 is 11.1 Å². The molecule has 3 aromatic carbocycles. The topological polar surface area (TPSA) is 70.6 Å². The van der Waals surface area contributed by atoms with Gasteiger partial charge in [-0.2, -0.15) is 0 Å². The number of thiocarbonyl (C=S) groups is 1. The van der Waals surface area contributed by atoms with Gasteiger partial charge in [0.2, 0.25) is 0 Å². The van der Waals surface area contributed by atoms with Gasteiger partial charge in [0.05, 0.1) is 10.2 Å². The Kier molecular flexibility index (Phi) is 6.67. The third kappa shape index (κ3) is 5.32. The molecule has 0 heterocycles. The summed E-state index contributed by atoms with van der Waals surface area (Å²) in [5.41, 5.74) is 9.63. The van der Waals surface area contributed by atoms with Crippen molar-refractivity contribution in [3.05, 3.63) is 86.8 Å². The van der Waals surface area contributed by atoms with Crippen molar-refractivity contribution < 1.29 is 5.11 Å². The third-order valence-corrected chi connectivity index (χ3v) is 5.07. The normalized spacial score (nSPS) is 10.9. The number of nitrogens with zero attached hydrogens (tertiary/aromatic N) is 1. The molecule has 4 N–H and O–H groups in total. The minimum atomic E-state index is 0.137. The number of aromatic hydroxyl groups is 1. The van der Waals surface area contributed by atoms with Gasteiger partial charge >= 0.3 is 0 Å². The largest absolute Gasteiger partial charge is 0.506 e. The van der Waals surface area contributed by atoms with Crippen LogP contribution in [0.15, 0.2) is 70.1 Å². The molecule has 3 rings (SSSR count). The first kappa shape index (κ1) is 20.3. The van der Waals surface area contributed by atoms with Crippen molar-refractivity contribution in [2.45, 2.75) is 6.42 Å². The number of phenolic OH excluding ortho intramolecular Hbond substituents is 1. The molecule has 0 aliphatic carbocycles. The molecule has 0 aliphatic rings. The summed E-state index contributed by atoms with van der Waals surface area (Å²) in [4.78, 5) is 4.44. The molecule has 0 atom stereocenters. The molecule has 3 aromatic rings. The van der Waals surface area contributed by atoms with Crippen molar-refractivity contribution in [1.29, 1.82) is 0 Å². The van der Waals surface area contributed by atoms with Crippen LogP contribution in [-0.2, 0) is 6.42 Å². The van der Waals surface area contributed by atoms with Gasteiger partial charge < -0.3 is 16.2 Å². The molecular formula is C21H17BrClN3OS. The number of hydrogen-bond acceptors (Lipinski definition) is 3. The Labute approximate surface area is 182 Å². The van der Waals surface area contributed by atoms with E-state index in [2.05, 4.69) is 26.2 Å². The first-order valence-corrected chi connectivity index (χ1v) is 9.95. The number of aliphatic imine (C=N–C) groups is 1. The van der Waals surface area contributed by atoms with Crippen molar-refractivity contribution in [2.75, 3.05) is 5.32 Å². The summed E-state index contributed by atoms with van der Waals surface area (Å²) >= 11 is 14.5. The number of benzene rings is 3. The second-order valence-corrected chi connectivity index (χ2v) is 7.78. The molecule has 0 fully saturated rings. The Morgan fingerprint density at radius 1 is 1.18 bits per heavy atom. The van der Waals surface area contributed by atoms with E-state index in [4.69, 9.17) is 29.6 Å². The van der Waals surface area contributed by atoms with Crippen LogP contribution in [0.1, 0.15) is 16.7 Å². The number of halogens is 2. The fourth-order valence-electron chi connectivity index (χ4n) is 2.66. The average molecular weight is 475 g/mol. The fourth-order valence-corrected chi connectivity index (χ4v) is 3.50. The van der Waals surface area contributed by atoms with Crippen LogP contribution in [-0.4, -0.2) is 16.4 Å². The van der Waals surface area contributed by atoms with Gasteiger partial charge in [0.15, 0.2) is 5.11 Å². The SMILES string of the molecule is NC(=S)Nc1ccc(N=Cc2cc(Cc3ccccc3Cl)cc(Br)c2O)cc1. The van der Waals surface area contributed by atoms with E-state index >= 15 is 0 Å². The van der Waals surface area contributed by atoms with Crippen molar-refractivity contribution in [3.63, 3.8) is 0 Å². The molecule has 142 valence electrons. The molecule has 0 amide bonds. The van der Waals surface area contributed by atoms with E-state index in [9.17, 15) is 5.11 Å². The molecule has 0 bridgehead atoms. The molecule has 7 heteroatoms. The summed E-state index contributed by atoms with van der Waals surface area (Å²) in [5, 5.41) is 14.1. The van der Waals surface area contributed by atoms with Crippen LogP contribution in [0.2, 0.25) is 5.02 Å². The van der Waals surface area contributed by atoms with Crippen LogP contribution in [0.4, 0.5) is 11.4 Å².